The van der Waals surface area contributed by atoms with Crippen LogP contribution in [-0.4, -0.2) is 90.9 Å². The van der Waals surface area contributed by atoms with E-state index in [0.29, 0.717) is 24.1 Å². The van der Waals surface area contributed by atoms with Gasteiger partial charge in [-0.25, -0.2) is 4.98 Å². The zero-order valence-electron chi connectivity index (χ0n) is 25.1. The number of ether oxygens (including phenoxy) is 1. The number of hydrogen-bond acceptors (Lipinski definition) is 8. The third kappa shape index (κ3) is 5.92. The third-order valence-electron chi connectivity index (χ3n) is 8.84. The Bertz CT molecular complexity index is 1310. The van der Waals surface area contributed by atoms with Gasteiger partial charge in [0.1, 0.15) is 12.6 Å². The van der Waals surface area contributed by atoms with Crippen molar-refractivity contribution in [2.75, 3.05) is 51.3 Å². The molecule has 41 heavy (non-hydrogen) atoms. The molecule has 10 heteroatoms. The zero-order valence-corrected chi connectivity index (χ0v) is 25.9. The predicted octanol–water partition coefficient (Wildman–Crippen LogP) is 3.63. The van der Waals surface area contributed by atoms with Gasteiger partial charge in [0, 0.05) is 55.1 Å². The molecule has 4 heterocycles. The fraction of sp³-hybridized carbons (Fsp3) is 0.613. The van der Waals surface area contributed by atoms with Crippen LogP contribution in [0.2, 0.25) is 0 Å². The molecule has 2 aromatic rings. The van der Waals surface area contributed by atoms with Gasteiger partial charge >= 0.3 is 0 Å². The van der Waals surface area contributed by atoms with Crippen molar-refractivity contribution < 1.29 is 19.1 Å². The van der Waals surface area contributed by atoms with Crippen LogP contribution in [0.15, 0.2) is 23.6 Å². The quantitative estimate of drug-likeness (QED) is 0.532. The van der Waals surface area contributed by atoms with E-state index < -0.39 is 17.9 Å². The number of hydrogen-bond donors (Lipinski definition) is 1. The number of carbonyl (C=O) groups excluding carboxylic acids is 3. The lowest BCUT2D eigenvalue weighted by Crippen LogP contribution is -2.44. The molecule has 3 fully saturated rings. The van der Waals surface area contributed by atoms with E-state index in [0.717, 1.165) is 42.6 Å². The Morgan fingerprint density at radius 2 is 1.88 bits per heavy atom. The molecule has 222 valence electrons. The molecule has 0 radical (unpaired) electrons. The van der Waals surface area contributed by atoms with Gasteiger partial charge in [0.25, 0.3) is 0 Å². The molecule has 3 saturated heterocycles. The van der Waals surface area contributed by atoms with Crippen molar-refractivity contribution in [2.45, 2.75) is 59.1 Å². The molecular weight excluding hydrogens is 538 g/mol. The van der Waals surface area contributed by atoms with E-state index in [-0.39, 0.29) is 41.7 Å². The first-order valence-electron chi connectivity index (χ1n) is 14.6. The van der Waals surface area contributed by atoms with Crippen LogP contribution in [-0.2, 0) is 14.3 Å². The van der Waals surface area contributed by atoms with Gasteiger partial charge in [-0.2, -0.15) is 0 Å². The number of carbonyl (C=O) groups is 3. The highest BCUT2D eigenvalue weighted by molar-refractivity contribution is 7.14. The standard InChI is InChI=1S/C31H43N5O4S/c1-18(2)13-22(29(39)36-15-23(31(3,4)5)27-26(36)25(37)16-40-27)21-14-19(7-8-20(21)28(32)38)24-17-41-30(33-24)35-11-9-34(6)10-12-35/h7-8,14,17-18,22-23,26-27H,9-13,15-16H2,1-6H3,(H2,32,38)/t22-,23-,26+,27+/m0/s1. The van der Waals surface area contributed by atoms with Crippen LogP contribution in [0.3, 0.4) is 0 Å². The Hall–Kier alpha value is -2.82. The highest BCUT2D eigenvalue weighted by Gasteiger charge is 2.55. The molecule has 0 saturated carbocycles. The SMILES string of the molecule is CC(C)C[C@H](C(=O)N1C[C@H](C(C)(C)C)[C@H]2OCC(=O)[C@H]21)c1cc(-c2csc(N3CCN(C)CC3)n2)ccc1C(N)=O. The molecule has 1 aromatic carbocycles. The van der Waals surface area contributed by atoms with Crippen LogP contribution in [0.4, 0.5) is 5.13 Å². The van der Waals surface area contributed by atoms with Gasteiger partial charge in [-0.3, -0.25) is 14.4 Å². The highest BCUT2D eigenvalue weighted by atomic mass is 32.1. The van der Waals surface area contributed by atoms with Crippen LogP contribution in [0.1, 0.15) is 62.9 Å². The molecule has 9 nitrogen and oxygen atoms in total. The Morgan fingerprint density at radius 1 is 1.17 bits per heavy atom. The summed E-state index contributed by atoms with van der Waals surface area (Å²) in [4.78, 5) is 51.4. The number of benzene rings is 1. The van der Waals surface area contributed by atoms with E-state index >= 15 is 0 Å². The molecule has 3 aliphatic rings. The molecule has 0 aliphatic carbocycles. The number of piperazine rings is 1. The third-order valence-corrected chi connectivity index (χ3v) is 9.74. The maximum Gasteiger partial charge on any atom is 0.249 e. The number of rotatable bonds is 7. The number of anilines is 1. The second-order valence-corrected chi connectivity index (χ2v) is 14.1. The number of aromatic nitrogens is 1. The average Bonchev–Trinajstić information content (AvgIpc) is 3.64. The van der Waals surface area contributed by atoms with E-state index in [2.05, 4.69) is 51.5 Å². The summed E-state index contributed by atoms with van der Waals surface area (Å²) in [5.74, 6) is -1.19. The lowest BCUT2D eigenvalue weighted by atomic mass is 9.78. The molecule has 2 N–H and O–H groups in total. The maximum absolute atomic E-state index is 14.4. The van der Waals surface area contributed by atoms with Gasteiger partial charge in [-0.15, -0.1) is 11.3 Å². The number of amides is 2. The van der Waals surface area contributed by atoms with Crippen LogP contribution < -0.4 is 10.6 Å². The summed E-state index contributed by atoms with van der Waals surface area (Å²) < 4.78 is 5.94. The monoisotopic (exact) mass is 581 g/mol. The number of primary amides is 1. The van der Waals surface area contributed by atoms with Gasteiger partial charge < -0.3 is 25.2 Å². The molecular formula is C31H43N5O4S. The maximum atomic E-state index is 14.4. The van der Waals surface area contributed by atoms with Crippen LogP contribution in [0.25, 0.3) is 11.3 Å². The lowest BCUT2D eigenvalue weighted by molar-refractivity contribution is -0.138. The van der Waals surface area contributed by atoms with E-state index in [9.17, 15) is 14.4 Å². The Labute approximate surface area is 247 Å². The molecule has 1 aromatic heterocycles. The number of ketones is 1. The summed E-state index contributed by atoms with van der Waals surface area (Å²) in [5, 5.41) is 3.00. The fourth-order valence-corrected chi connectivity index (χ4v) is 7.34. The molecule has 5 rings (SSSR count). The summed E-state index contributed by atoms with van der Waals surface area (Å²) in [5.41, 5.74) is 8.31. The molecule has 0 bridgehead atoms. The number of nitrogens with two attached hydrogens (primary N) is 1. The Morgan fingerprint density at radius 3 is 2.51 bits per heavy atom. The Kier molecular flexibility index (Phi) is 8.29. The van der Waals surface area contributed by atoms with Crippen LogP contribution in [0, 0.1) is 17.3 Å². The topological polar surface area (TPSA) is 109 Å². The molecule has 3 aliphatic heterocycles. The molecule has 0 unspecified atom stereocenters. The summed E-state index contributed by atoms with van der Waals surface area (Å²) in [6, 6.07) is 4.90. The van der Waals surface area contributed by atoms with Crippen molar-refractivity contribution in [2.24, 2.45) is 23.0 Å². The second-order valence-electron chi connectivity index (χ2n) is 13.3. The number of thiazole rings is 1. The van der Waals surface area contributed by atoms with Gasteiger partial charge in [-0.05, 0) is 42.5 Å². The summed E-state index contributed by atoms with van der Waals surface area (Å²) in [6.07, 6.45) is 0.214. The average molecular weight is 582 g/mol. The predicted molar refractivity (Wildman–Crippen MR) is 161 cm³/mol. The minimum absolute atomic E-state index is 0.0298. The van der Waals surface area contributed by atoms with Crippen molar-refractivity contribution in [1.29, 1.82) is 0 Å². The summed E-state index contributed by atoms with van der Waals surface area (Å²) >= 11 is 1.61. The Balaban J connectivity index is 1.51. The van der Waals surface area contributed by atoms with Crippen molar-refractivity contribution >= 4 is 34.1 Å². The number of likely N-dealkylation sites (tertiary alicyclic amines) is 1. The first-order chi connectivity index (χ1) is 19.3. The number of likely N-dealkylation sites (N-methyl/N-ethyl adjacent to an activating group) is 1. The number of Topliss-reactive ketones (excluding diaryl/α,β-unsaturated/α-hetero) is 1. The van der Waals surface area contributed by atoms with E-state index in [4.69, 9.17) is 15.5 Å². The molecule has 4 atom stereocenters. The van der Waals surface area contributed by atoms with Crippen molar-refractivity contribution in [3.63, 3.8) is 0 Å². The van der Waals surface area contributed by atoms with E-state index in [1.807, 2.05) is 17.5 Å². The minimum atomic E-state index is -0.624. The van der Waals surface area contributed by atoms with Crippen LogP contribution in [0.5, 0.6) is 0 Å². The van der Waals surface area contributed by atoms with Crippen molar-refractivity contribution in [1.82, 2.24) is 14.8 Å². The van der Waals surface area contributed by atoms with Gasteiger partial charge in [0.05, 0.1) is 17.7 Å². The number of fused-ring (bicyclic) bond motifs is 1. The summed E-state index contributed by atoms with van der Waals surface area (Å²) in [6.45, 7) is 14.8. The normalized spacial score (nSPS) is 24.3. The van der Waals surface area contributed by atoms with Gasteiger partial charge in [-0.1, -0.05) is 40.7 Å². The minimum Gasteiger partial charge on any atom is -0.367 e. The highest BCUT2D eigenvalue weighted by Crippen LogP contribution is 2.44. The second kappa shape index (κ2) is 11.5. The first kappa shape index (κ1) is 29.7. The summed E-state index contributed by atoms with van der Waals surface area (Å²) in [7, 11) is 2.13. The van der Waals surface area contributed by atoms with Crippen molar-refractivity contribution in [3.05, 3.63) is 34.7 Å². The van der Waals surface area contributed by atoms with Crippen LogP contribution >= 0.6 is 11.3 Å². The lowest BCUT2D eigenvalue weighted by Gasteiger charge is -2.32. The largest absolute Gasteiger partial charge is 0.367 e. The molecule has 0 spiro atoms. The number of nitrogens with zero attached hydrogens (tertiary/aromatic N) is 4. The van der Waals surface area contributed by atoms with Gasteiger partial charge in [0.15, 0.2) is 10.9 Å². The van der Waals surface area contributed by atoms with Gasteiger partial charge in [0.2, 0.25) is 11.8 Å². The molecule has 2 amide bonds. The van der Waals surface area contributed by atoms with Crippen molar-refractivity contribution in [3.8, 4) is 11.3 Å². The van der Waals surface area contributed by atoms with E-state index in [1.54, 1.807) is 22.3 Å². The zero-order chi connectivity index (χ0) is 29.6. The smallest absolute Gasteiger partial charge is 0.249 e. The van der Waals surface area contributed by atoms with E-state index in [1.165, 1.54) is 0 Å². The fourth-order valence-electron chi connectivity index (χ4n) is 6.46. The first-order valence-corrected chi connectivity index (χ1v) is 15.5.